The Labute approximate surface area is 156 Å². The van der Waals surface area contributed by atoms with Crippen LogP contribution in [0.1, 0.15) is 11.4 Å². The fraction of sp³-hybridized carbons (Fsp3) is 0.150. The quantitative estimate of drug-likeness (QED) is 0.575. The molecular weight excluding hydrogens is 346 g/mol. The van der Waals surface area contributed by atoms with Crippen molar-refractivity contribution in [2.75, 3.05) is 5.32 Å². The minimum absolute atomic E-state index is 0.642. The van der Waals surface area contributed by atoms with Gasteiger partial charge in [-0.05, 0) is 42.3 Å². The second kappa shape index (κ2) is 6.77. The Morgan fingerprint density at radius 2 is 1.96 bits per heavy atom. The summed E-state index contributed by atoms with van der Waals surface area (Å²) >= 11 is 6.08. The van der Waals surface area contributed by atoms with Crippen LogP contribution in [0.25, 0.3) is 22.0 Å². The van der Waals surface area contributed by atoms with Gasteiger partial charge in [0.1, 0.15) is 11.6 Å². The van der Waals surface area contributed by atoms with Crippen LogP contribution in [0.2, 0.25) is 5.02 Å². The molecule has 1 N–H and O–H groups in total. The first-order chi connectivity index (χ1) is 12.6. The zero-order chi connectivity index (χ0) is 18.1. The number of rotatable bonds is 4. The number of halogens is 1. The third-order valence-electron chi connectivity index (χ3n) is 4.19. The molecule has 130 valence electrons. The number of aryl methyl sites for hydroxylation is 2. The van der Waals surface area contributed by atoms with Crippen LogP contribution in [0.4, 0.5) is 5.82 Å². The van der Waals surface area contributed by atoms with Crippen molar-refractivity contribution in [3.63, 3.8) is 0 Å². The highest BCUT2D eigenvalue weighted by Gasteiger charge is 2.09. The zero-order valence-electron chi connectivity index (χ0n) is 14.6. The van der Waals surface area contributed by atoms with Gasteiger partial charge in [-0.25, -0.2) is 9.97 Å². The second-order valence-corrected chi connectivity index (χ2v) is 6.67. The van der Waals surface area contributed by atoms with Gasteiger partial charge in [-0.2, -0.15) is 5.10 Å². The molecule has 4 rings (SSSR count). The molecule has 0 radical (unpaired) electrons. The molecule has 2 heterocycles. The molecule has 0 aliphatic heterocycles. The van der Waals surface area contributed by atoms with Gasteiger partial charge in [-0.3, -0.25) is 4.68 Å². The van der Waals surface area contributed by atoms with Crippen molar-refractivity contribution in [2.45, 2.75) is 13.5 Å². The van der Waals surface area contributed by atoms with Crippen LogP contribution in [-0.4, -0.2) is 19.7 Å². The van der Waals surface area contributed by atoms with Crippen molar-refractivity contribution in [1.29, 1.82) is 0 Å². The molecule has 2 aromatic carbocycles. The molecule has 5 nitrogen and oxygen atoms in total. The van der Waals surface area contributed by atoms with E-state index in [1.165, 1.54) is 0 Å². The minimum Gasteiger partial charge on any atom is -0.365 e. The molecule has 0 saturated carbocycles. The summed E-state index contributed by atoms with van der Waals surface area (Å²) in [4.78, 5) is 9.16. The van der Waals surface area contributed by atoms with E-state index in [9.17, 15) is 0 Å². The highest BCUT2D eigenvalue weighted by atomic mass is 35.5. The van der Waals surface area contributed by atoms with E-state index in [4.69, 9.17) is 11.6 Å². The van der Waals surface area contributed by atoms with Crippen LogP contribution in [0.15, 0.2) is 54.9 Å². The topological polar surface area (TPSA) is 55.6 Å². The lowest BCUT2D eigenvalue weighted by atomic mass is 10.1. The Bertz CT molecular complexity index is 1090. The second-order valence-electron chi connectivity index (χ2n) is 6.24. The van der Waals surface area contributed by atoms with Gasteiger partial charge in [0.25, 0.3) is 0 Å². The van der Waals surface area contributed by atoms with Crippen molar-refractivity contribution in [3.8, 4) is 11.1 Å². The average molecular weight is 364 g/mol. The first kappa shape index (κ1) is 16.5. The standard InChI is InChI=1S/C20H18ClN5/c1-13-24-19-7-6-15(16-11-23-26(2)12-16)9-18(19)20(25-13)22-10-14-4-3-5-17(21)8-14/h3-9,11-12H,10H2,1-2H3,(H,22,24,25). The van der Waals surface area contributed by atoms with Crippen molar-refractivity contribution in [3.05, 3.63) is 71.3 Å². The van der Waals surface area contributed by atoms with E-state index in [0.29, 0.717) is 6.54 Å². The molecule has 0 spiro atoms. The molecule has 0 aliphatic carbocycles. The van der Waals surface area contributed by atoms with Crippen molar-refractivity contribution in [2.24, 2.45) is 7.05 Å². The van der Waals surface area contributed by atoms with Gasteiger partial charge in [-0.1, -0.05) is 29.8 Å². The first-order valence-corrected chi connectivity index (χ1v) is 8.72. The maximum absolute atomic E-state index is 6.08. The van der Waals surface area contributed by atoms with Gasteiger partial charge in [0.15, 0.2) is 0 Å². The van der Waals surface area contributed by atoms with Gasteiger partial charge >= 0.3 is 0 Å². The van der Waals surface area contributed by atoms with E-state index >= 15 is 0 Å². The Morgan fingerprint density at radius 1 is 1.08 bits per heavy atom. The molecule has 0 fully saturated rings. The minimum atomic E-state index is 0.642. The molecule has 0 aliphatic rings. The number of hydrogen-bond donors (Lipinski definition) is 1. The molecule has 4 aromatic rings. The number of hydrogen-bond acceptors (Lipinski definition) is 4. The predicted molar refractivity (Wildman–Crippen MR) is 105 cm³/mol. The predicted octanol–water partition coefficient (Wildman–Crippen LogP) is 4.60. The largest absolute Gasteiger partial charge is 0.365 e. The van der Waals surface area contributed by atoms with E-state index in [1.54, 1.807) is 4.68 Å². The Morgan fingerprint density at radius 3 is 2.73 bits per heavy atom. The summed E-state index contributed by atoms with van der Waals surface area (Å²) in [5.74, 6) is 1.55. The maximum Gasteiger partial charge on any atom is 0.137 e. The van der Waals surface area contributed by atoms with Gasteiger partial charge in [0, 0.05) is 35.8 Å². The van der Waals surface area contributed by atoms with Crippen molar-refractivity contribution in [1.82, 2.24) is 19.7 Å². The van der Waals surface area contributed by atoms with Gasteiger partial charge < -0.3 is 5.32 Å². The lowest BCUT2D eigenvalue weighted by molar-refractivity contribution is 0.768. The SMILES string of the molecule is Cc1nc(NCc2cccc(Cl)c2)c2cc(-c3cnn(C)c3)ccc2n1. The van der Waals surface area contributed by atoms with Crippen LogP contribution < -0.4 is 5.32 Å². The maximum atomic E-state index is 6.08. The number of benzene rings is 2. The molecular formula is C20H18ClN5. The number of anilines is 1. The Hall–Kier alpha value is -2.92. The number of fused-ring (bicyclic) bond motifs is 1. The summed E-state index contributed by atoms with van der Waals surface area (Å²) in [7, 11) is 1.91. The number of nitrogens with one attached hydrogen (secondary N) is 1. The van der Waals surface area contributed by atoms with Crippen LogP contribution in [0.3, 0.4) is 0 Å². The number of nitrogens with zero attached hydrogens (tertiary/aromatic N) is 4. The van der Waals surface area contributed by atoms with Crippen LogP contribution in [0.5, 0.6) is 0 Å². The monoisotopic (exact) mass is 363 g/mol. The highest BCUT2D eigenvalue weighted by Crippen LogP contribution is 2.27. The summed E-state index contributed by atoms with van der Waals surface area (Å²) in [5.41, 5.74) is 4.17. The smallest absolute Gasteiger partial charge is 0.137 e. The summed E-state index contributed by atoms with van der Waals surface area (Å²) in [6.07, 6.45) is 3.85. The summed E-state index contributed by atoms with van der Waals surface area (Å²) in [6, 6.07) is 14.0. The summed E-state index contributed by atoms with van der Waals surface area (Å²) in [5, 5.41) is 9.39. The molecule has 0 unspecified atom stereocenters. The lowest BCUT2D eigenvalue weighted by Crippen LogP contribution is -2.04. The van der Waals surface area contributed by atoms with Gasteiger partial charge in [-0.15, -0.1) is 0 Å². The van der Waals surface area contributed by atoms with Gasteiger partial charge in [0.2, 0.25) is 0 Å². The average Bonchev–Trinajstić information content (AvgIpc) is 3.06. The lowest BCUT2D eigenvalue weighted by Gasteiger charge is -2.11. The molecule has 0 bridgehead atoms. The molecule has 0 saturated heterocycles. The zero-order valence-corrected chi connectivity index (χ0v) is 15.3. The van der Waals surface area contributed by atoms with Crippen molar-refractivity contribution < 1.29 is 0 Å². The molecule has 0 amide bonds. The Kier molecular flexibility index (Phi) is 4.31. The fourth-order valence-corrected chi connectivity index (χ4v) is 3.17. The van der Waals surface area contributed by atoms with Crippen LogP contribution >= 0.6 is 11.6 Å². The fourth-order valence-electron chi connectivity index (χ4n) is 2.96. The normalized spacial score (nSPS) is 11.0. The van der Waals surface area contributed by atoms with E-state index in [0.717, 1.165) is 44.3 Å². The summed E-state index contributed by atoms with van der Waals surface area (Å²) < 4.78 is 1.80. The highest BCUT2D eigenvalue weighted by molar-refractivity contribution is 6.30. The number of aromatic nitrogens is 4. The van der Waals surface area contributed by atoms with Crippen LogP contribution in [0, 0.1) is 6.92 Å². The molecule has 6 heteroatoms. The van der Waals surface area contributed by atoms with Gasteiger partial charge in [0.05, 0.1) is 11.7 Å². The van der Waals surface area contributed by atoms with Crippen LogP contribution in [-0.2, 0) is 13.6 Å². The van der Waals surface area contributed by atoms with E-state index in [-0.39, 0.29) is 0 Å². The van der Waals surface area contributed by atoms with E-state index in [2.05, 4.69) is 32.5 Å². The van der Waals surface area contributed by atoms with Crippen molar-refractivity contribution >= 4 is 28.3 Å². The first-order valence-electron chi connectivity index (χ1n) is 8.34. The molecule has 26 heavy (non-hydrogen) atoms. The van der Waals surface area contributed by atoms with E-state index in [1.807, 2.05) is 56.7 Å². The van der Waals surface area contributed by atoms with E-state index < -0.39 is 0 Å². The third kappa shape index (κ3) is 3.39. The summed E-state index contributed by atoms with van der Waals surface area (Å²) in [6.45, 7) is 2.54. The Balaban J connectivity index is 1.72. The molecule has 0 atom stereocenters. The molecule has 2 aromatic heterocycles. The third-order valence-corrected chi connectivity index (χ3v) is 4.43.